The minimum absolute atomic E-state index is 0.152. The van der Waals surface area contributed by atoms with E-state index < -0.39 is 0 Å². The van der Waals surface area contributed by atoms with E-state index in [2.05, 4.69) is 28.2 Å². The molecular formula is C30H28N6O2. The van der Waals surface area contributed by atoms with Crippen LogP contribution in [0.5, 0.6) is 0 Å². The van der Waals surface area contributed by atoms with Crippen LogP contribution >= 0.6 is 0 Å². The van der Waals surface area contributed by atoms with Gasteiger partial charge in [-0.1, -0.05) is 36.4 Å². The van der Waals surface area contributed by atoms with Gasteiger partial charge >= 0.3 is 0 Å². The maximum absolute atomic E-state index is 13.1. The molecule has 0 saturated carbocycles. The summed E-state index contributed by atoms with van der Waals surface area (Å²) in [5.41, 5.74) is 6.30. The number of nitrogens with zero attached hydrogens (tertiary/aromatic N) is 6. The molecule has 190 valence electrons. The first kappa shape index (κ1) is 23.9. The topological polar surface area (TPSA) is 86.8 Å². The van der Waals surface area contributed by atoms with Crippen LogP contribution in [0.1, 0.15) is 29.5 Å². The number of hydrogen-bond acceptors (Lipinski definition) is 6. The van der Waals surface area contributed by atoms with Crippen LogP contribution in [-0.2, 0) is 9.53 Å². The van der Waals surface area contributed by atoms with Crippen molar-refractivity contribution in [1.82, 2.24) is 19.5 Å². The van der Waals surface area contributed by atoms with E-state index in [-0.39, 0.29) is 11.8 Å². The molecule has 0 unspecified atom stereocenters. The van der Waals surface area contributed by atoms with Gasteiger partial charge in [0.05, 0.1) is 36.4 Å². The first-order valence-electron chi connectivity index (χ1n) is 12.9. The molecule has 5 heterocycles. The van der Waals surface area contributed by atoms with E-state index in [1.807, 2.05) is 66.7 Å². The maximum atomic E-state index is 13.1. The number of rotatable bonds is 5. The Labute approximate surface area is 221 Å². The monoisotopic (exact) mass is 504 g/mol. The summed E-state index contributed by atoms with van der Waals surface area (Å²) in [5.74, 6) is 0.895. The molecule has 2 aliphatic heterocycles. The Balaban J connectivity index is 1.20. The maximum Gasteiger partial charge on any atom is 0.229 e. The second kappa shape index (κ2) is 10.1. The summed E-state index contributed by atoms with van der Waals surface area (Å²) in [7, 11) is 0. The van der Waals surface area contributed by atoms with E-state index in [0.717, 1.165) is 52.3 Å². The fourth-order valence-corrected chi connectivity index (χ4v) is 5.23. The second-order valence-electron chi connectivity index (χ2n) is 9.70. The Morgan fingerprint density at radius 3 is 2.55 bits per heavy atom. The number of carbonyl (C=O) groups is 1. The molecule has 38 heavy (non-hydrogen) atoms. The Hall–Kier alpha value is -4.48. The minimum atomic E-state index is -0.152. The number of piperazine rings is 1. The average Bonchev–Trinajstić information content (AvgIpc) is 3.67. The highest BCUT2D eigenvalue weighted by atomic mass is 16.5. The lowest BCUT2D eigenvalue weighted by Crippen LogP contribution is -2.50. The molecule has 1 fully saturated rings. The summed E-state index contributed by atoms with van der Waals surface area (Å²) < 4.78 is 7.29. The lowest BCUT2D eigenvalue weighted by atomic mass is 9.99. The molecule has 3 aromatic heterocycles. The van der Waals surface area contributed by atoms with Crippen molar-refractivity contribution in [2.75, 3.05) is 44.3 Å². The van der Waals surface area contributed by atoms with Gasteiger partial charge < -0.3 is 14.5 Å². The lowest BCUT2D eigenvalue weighted by Gasteiger charge is -2.36. The summed E-state index contributed by atoms with van der Waals surface area (Å²) >= 11 is 0. The third-order valence-corrected chi connectivity index (χ3v) is 7.45. The SMILES string of the molecule is C[C@@H](C(=O)N1CCN(c2ccc(-c3cc(C4=CCOC4)cn4ncc(C#N)c34)cn2)CC1)c1ccccc1. The fourth-order valence-electron chi connectivity index (χ4n) is 5.23. The van der Waals surface area contributed by atoms with Gasteiger partial charge in [0.25, 0.3) is 0 Å². The van der Waals surface area contributed by atoms with E-state index in [1.54, 1.807) is 10.7 Å². The number of fused-ring (bicyclic) bond motifs is 1. The molecule has 1 aromatic carbocycles. The molecule has 0 aliphatic carbocycles. The summed E-state index contributed by atoms with van der Waals surface area (Å²) in [6.07, 6.45) is 7.48. The Kier molecular flexibility index (Phi) is 6.36. The summed E-state index contributed by atoms with van der Waals surface area (Å²) in [6.45, 7) is 5.94. The number of aromatic nitrogens is 3. The predicted molar refractivity (Wildman–Crippen MR) is 146 cm³/mol. The zero-order valence-electron chi connectivity index (χ0n) is 21.2. The molecule has 8 nitrogen and oxygen atoms in total. The Morgan fingerprint density at radius 1 is 1.05 bits per heavy atom. The molecule has 2 aliphatic rings. The molecular weight excluding hydrogens is 476 g/mol. The number of carbonyl (C=O) groups excluding carboxylic acids is 1. The zero-order chi connectivity index (χ0) is 26.1. The van der Waals surface area contributed by atoms with Crippen LogP contribution in [0.15, 0.2) is 73.2 Å². The van der Waals surface area contributed by atoms with Crippen molar-refractivity contribution in [3.8, 4) is 17.2 Å². The van der Waals surface area contributed by atoms with Crippen molar-refractivity contribution >= 4 is 22.8 Å². The van der Waals surface area contributed by atoms with Crippen LogP contribution in [0.25, 0.3) is 22.2 Å². The van der Waals surface area contributed by atoms with Crippen LogP contribution in [0.4, 0.5) is 5.82 Å². The van der Waals surface area contributed by atoms with Gasteiger partial charge in [-0.2, -0.15) is 10.4 Å². The van der Waals surface area contributed by atoms with Crippen LogP contribution in [0.3, 0.4) is 0 Å². The summed E-state index contributed by atoms with van der Waals surface area (Å²) in [5, 5.41) is 14.1. The minimum Gasteiger partial charge on any atom is -0.373 e. The van der Waals surface area contributed by atoms with Gasteiger partial charge in [0, 0.05) is 49.7 Å². The standard InChI is InChI=1S/C30H28N6O2/c1-21(22-5-3-2-4-6-22)30(37)35-12-10-34(11-13-35)28-8-7-23(17-32-28)27-15-25(24-9-14-38-20-24)19-36-29(27)26(16-31)18-33-36/h2-9,15,17-19,21H,10-14,20H2,1H3/t21-/m1/s1. The number of amides is 1. The molecule has 0 spiro atoms. The lowest BCUT2D eigenvalue weighted by molar-refractivity contribution is -0.132. The summed E-state index contributed by atoms with van der Waals surface area (Å²) in [6, 6.07) is 18.4. The third kappa shape index (κ3) is 4.42. The molecule has 8 heteroatoms. The molecule has 1 amide bonds. The van der Waals surface area contributed by atoms with Crippen molar-refractivity contribution in [3.05, 3.63) is 89.9 Å². The van der Waals surface area contributed by atoms with Crippen LogP contribution < -0.4 is 4.90 Å². The van der Waals surface area contributed by atoms with Crippen molar-refractivity contribution in [2.45, 2.75) is 12.8 Å². The number of hydrogen-bond donors (Lipinski definition) is 0. The van der Waals surface area contributed by atoms with E-state index >= 15 is 0 Å². The molecule has 1 atom stereocenters. The van der Waals surface area contributed by atoms with Gasteiger partial charge in [-0.15, -0.1) is 0 Å². The van der Waals surface area contributed by atoms with Crippen LogP contribution in [-0.4, -0.2) is 64.8 Å². The quantitative estimate of drug-likeness (QED) is 0.406. The van der Waals surface area contributed by atoms with Gasteiger partial charge in [-0.05, 0) is 41.8 Å². The average molecular weight is 505 g/mol. The first-order valence-corrected chi connectivity index (χ1v) is 12.9. The van der Waals surface area contributed by atoms with E-state index in [4.69, 9.17) is 9.72 Å². The molecule has 6 rings (SSSR count). The van der Waals surface area contributed by atoms with E-state index in [0.29, 0.717) is 31.9 Å². The smallest absolute Gasteiger partial charge is 0.229 e. The Morgan fingerprint density at radius 2 is 1.87 bits per heavy atom. The summed E-state index contributed by atoms with van der Waals surface area (Å²) in [4.78, 5) is 22.0. The van der Waals surface area contributed by atoms with Crippen molar-refractivity contribution in [3.63, 3.8) is 0 Å². The van der Waals surface area contributed by atoms with Gasteiger partial charge in [-0.25, -0.2) is 9.50 Å². The second-order valence-corrected chi connectivity index (χ2v) is 9.70. The first-order chi connectivity index (χ1) is 18.6. The number of benzene rings is 1. The molecule has 0 N–H and O–H groups in total. The highest BCUT2D eigenvalue weighted by molar-refractivity contribution is 5.87. The molecule has 0 radical (unpaired) electrons. The largest absolute Gasteiger partial charge is 0.373 e. The number of ether oxygens (including phenoxy) is 1. The number of pyridine rings is 2. The van der Waals surface area contributed by atoms with Gasteiger partial charge in [0.15, 0.2) is 0 Å². The highest BCUT2D eigenvalue weighted by Gasteiger charge is 2.26. The van der Waals surface area contributed by atoms with Gasteiger partial charge in [-0.3, -0.25) is 4.79 Å². The normalized spacial score (nSPS) is 16.4. The van der Waals surface area contributed by atoms with Crippen LogP contribution in [0, 0.1) is 11.3 Å². The van der Waals surface area contributed by atoms with Crippen molar-refractivity contribution in [2.24, 2.45) is 0 Å². The van der Waals surface area contributed by atoms with Crippen molar-refractivity contribution in [1.29, 1.82) is 5.26 Å². The van der Waals surface area contributed by atoms with Gasteiger partial charge in [0.1, 0.15) is 11.9 Å². The fraction of sp³-hybridized carbons (Fsp3) is 0.267. The predicted octanol–water partition coefficient (Wildman–Crippen LogP) is 4.13. The van der Waals surface area contributed by atoms with E-state index in [1.165, 1.54) is 0 Å². The number of anilines is 1. The third-order valence-electron chi connectivity index (χ3n) is 7.45. The van der Waals surface area contributed by atoms with Gasteiger partial charge in [0.2, 0.25) is 5.91 Å². The Bertz CT molecular complexity index is 1540. The molecule has 0 bridgehead atoms. The van der Waals surface area contributed by atoms with Crippen molar-refractivity contribution < 1.29 is 9.53 Å². The molecule has 4 aromatic rings. The zero-order valence-corrected chi connectivity index (χ0v) is 21.2. The van der Waals surface area contributed by atoms with E-state index in [9.17, 15) is 10.1 Å². The van der Waals surface area contributed by atoms with Crippen LogP contribution in [0.2, 0.25) is 0 Å². The number of nitriles is 1. The molecule has 1 saturated heterocycles. The highest BCUT2D eigenvalue weighted by Crippen LogP contribution is 2.32.